The zero-order chi connectivity index (χ0) is 6.69. The van der Waals surface area contributed by atoms with Gasteiger partial charge in [-0.2, -0.15) is 0 Å². The zero-order valence-electron chi connectivity index (χ0n) is 5.96. The highest BCUT2D eigenvalue weighted by Gasteiger charge is 1.93. The molecule has 0 N–H and O–H groups in total. The van der Waals surface area contributed by atoms with Crippen molar-refractivity contribution < 1.29 is 0 Å². The van der Waals surface area contributed by atoms with Crippen LogP contribution in [0.2, 0.25) is 0 Å². The van der Waals surface area contributed by atoms with Crippen LogP contribution in [0.4, 0.5) is 0 Å². The molecule has 0 aromatic heterocycles. The minimum atomic E-state index is 0.659. The van der Waals surface area contributed by atoms with E-state index in [0.717, 1.165) is 0 Å². The van der Waals surface area contributed by atoms with Gasteiger partial charge in [0.2, 0.25) is 0 Å². The smallest absolute Gasteiger partial charge is 0.0658 e. The van der Waals surface area contributed by atoms with E-state index in [9.17, 15) is 0 Å². The van der Waals surface area contributed by atoms with Gasteiger partial charge >= 0.3 is 0 Å². The predicted octanol–water partition coefficient (Wildman–Crippen LogP) is 1.38. The van der Waals surface area contributed by atoms with Gasteiger partial charge in [-0.05, 0) is 5.82 Å². The summed E-state index contributed by atoms with van der Waals surface area (Å²) in [5, 5.41) is 0. The van der Waals surface area contributed by atoms with Gasteiger partial charge in [0.05, 0.1) is 0 Å². The van der Waals surface area contributed by atoms with Crippen molar-refractivity contribution in [1.82, 2.24) is 0 Å². The minimum absolute atomic E-state index is 0.659. The molecule has 0 nitrogen and oxygen atoms in total. The van der Waals surface area contributed by atoms with E-state index < -0.39 is 0 Å². The number of hydrogen-bond donors (Lipinski definition) is 0. The molecule has 0 radical (unpaired) electrons. The molecule has 0 amide bonds. The highest BCUT2D eigenvalue weighted by Crippen LogP contribution is 2.08. The third-order valence-corrected chi connectivity index (χ3v) is 1.47. The van der Waals surface area contributed by atoms with Crippen LogP contribution in [0.25, 0.3) is 0 Å². The standard InChI is InChI=1S/C8H11B/c1-7(9)8-5-3-2-4-6-8/h2-7H,9H2,1H3. The lowest BCUT2D eigenvalue weighted by molar-refractivity contribution is 1.08. The van der Waals surface area contributed by atoms with E-state index >= 15 is 0 Å². The summed E-state index contributed by atoms with van der Waals surface area (Å²) in [7, 11) is 2.20. The molecule has 0 saturated heterocycles. The summed E-state index contributed by atoms with van der Waals surface area (Å²) in [6.45, 7) is 2.20. The summed E-state index contributed by atoms with van der Waals surface area (Å²) in [4.78, 5) is 0. The van der Waals surface area contributed by atoms with Crippen molar-refractivity contribution in [2.75, 3.05) is 0 Å². The molecule has 0 aliphatic carbocycles. The molecule has 0 spiro atoms. The van der Waals surface area contributed by atoms with Gasteiger partial charge in [0.1, 0.15) is 7.85 Å². The Morgan fingerprint density at radius 1 is 1.22 bits per heavy atom. The third kappa shape index (κ3) is 1.60. The molecule has 1 aromatic carbocycles. The van der Waals surface area contributed by atoms with E-state index in [1.165, 1.54) is 5.56 Å². The predicted molar refractivity (Wildman–Crippen MR) is 43.4 cm³/mol. The average molecular weight is 118 g/mol. The molecule has 1 rings (SSSR count). The van der Waals surface area contributed by atoms with Crippen LogP contribution in [-0.2, 0) is 0 Å². The fourth-order valence-corrected chi connectivity index (χ4v) is 0.838. The van der Waals surface area contributed by atoms with Crippen LogP contribution in [0, 0.1) is 0 Å². The van der Waals surface area contributed by atoms with Gasteiger partial charge in [-0.15, -0.1) is 0 Å². The summed E-state index contributed by atoms with van der Waals surface area (Å²) in [5.74, 6) is 0.659. The van der Waals surface area contributed by atoms with Gasteiger partial charge in [0.25, 0.3) is 0 Å². The zero-order valence-corrected chi connectivity index (χ0v) is 5.96. The number of benzene rings is 1. The Morgan fingerprint density at radius 3 is 2.11 bits per heavy atom. The van der Waals surface area contributed by atoms with Crippen LogP contribution in [0.15, 0.2) is 30.3 Å². The molecule has 1 aromatic rings. The van der Waals surface area contributed by atoms with Crippen molar-refractivity contribution >= 4 is 7.85 Å². The second kappa shape index (κ2) is 2.72. The molecule has 0 heterocycles. The number of rotatable bonds is 1. The van der Waals surface area contributed by atoms with E-state index in [4.69, 9.17) is 0 Å². The van der Waals surface area contributed by atoms with Crippen LogP contribution < -0.4 is 0 Å². The lowest BCUT2D eigenvalue weighted by Gasteiger charge is -2.01. The van der Waals surface area contributed by atoms with Gasteiger partial charge in [-0.3, -0.25) is 0 Å². The largest absolute Gasteiger partial charge is 0.110 e. The second-order valence-corrected chi connectivity index (χ2v) is 2.57. The van der Waals surface area contributed by atoms with Crippen LogP contribution in [0.3, 0.4) is 0 Å². The Morgan fingerprint density at radius 2 is 1.78 bits per heavy atom. The van der Waals surface area contributed by atoms with Crippen molar-refractivity contribution in [1.29, 1.82) is 0 Å². The maximum atomic E-state index is 2.20. The molecule has 0 saturated carbocycles. The van der Waals surface area contributed by atoms with Gasteiger partial charge in [0, 0.05) is 0 Å². The molecule has 0 fully saturated rings. The molecular weight excluding hydrogens is 107 g/mol. The van der Waals surface area contributed by atoms with E-state index in [2.05, 4.69) is 39.0 Å². The van der Waals surface area contributed by atoms with Crippen LogP contribution in [0.5, 0.6) is 0 Å². The monoisotopic (exact) mass is 118 g/mol. The van der Waals surface area contributed by atoms with Gasteiger partial charge < -0.3 is 0 Å². The lowest BCUT2D eigenvalue weighted by Crippen LogP contribution is -1.89. The summed E-state index contributed by atoms with van der Waals surface area (Å²) < 4.78 is 0. The van der Waals surface area contributed by atoms with Crippen molar-refractivity contribution in [2.24, 2.45) is 0 Å². The van der Waals surface area contributed by atoms with Gasteiger partial charge in [-0.25, -0.2) is 0 Å². The van der Waals surface area contributed by atoms with Gasteiger partial charge in [-0.1, -0.05) is 42.8 Å². The fraction of sp³-hybridized carbons (Fsp3) is 0.250. The van der Waals surface area contributed by atoms with Crippen molar-refractivity contribution in [3.05, 3.63) is 35.9 Å². The summed E-state index contributed by atoms with van der Waals surface area (Å²) in [5.41, 5.74) is 1.41. The molecule has 0 bridgehead atoms. The van der Waals surface area contributed by atoms with Crippen molar-refractivity contribution in [2.45, 2.75) is 12.7 Å². The Labute approximate surface area is 57.3 Å². The fourth-order valence-electron chi connectivity index (χ4n) is 0.838. The number of hydrogen-bond acceptors (Lipinski definition) is 0. The minimum Gasteiger partial charge on any atom is -0.0658 e. The SMILES string of the molecule is BC(C)c1ccccc1. The molecule has 1 heteroatoms. The third-order valence-electron chi connectivity index (χ3n) is 1.47. The maximum Gasteiger partial charge on any atom is 0.110 e. The molecular formula is C8H11B. The maximum absolute atomic E-state index is 2.20. The summed E-state index contributed by atoms with van der Waals surface area (Å²) >= 11 is 0. The van der Waals surface area contributed by atoms with Crippen LogP contribution in [-0.4, -0.2) is 7.85 Å². The first-order chi connectivity index (χ1) is 4.30. The Hall–Kier alpha value is -0.715. The Bertz CT molecular complexity index is 167. The highest BCUT2D eigenvalue weighted by molar-refractivity contribution is 6.12. The van der Waals surface area contributed by atoms with Crippen molar-refractivity contribution in [3.63, 3.8) is 0 Å². The first-order valence-corrected chi connectivity index (χ1v) is 3.35. The second-order valence-electron chi connectivity index (χ2n) is 2.57. The molecule has 0 aliphatic heterocycles. The first kappa shape index (κ1) is 6.41. The van der Waals surface area contributed by atoms with E-state index in [1.807, 2.05) is 6.07 Å². The molecule has 1 atom stereocenters. The summed E-state index contributed by atoms with van der Waals surface area (Å²) in [6, 6.07) is 10.5. The average Bonchev–Trinajstić information content (AvgIpc) is 1.90. The highest BCUT2D eigenvalue weighted by atomic mass is 13.9. The Balaban J connectivity index is 2.85. The topological polar surface area (TPSA) is 0 Å². The summed E-state index contributed by atoms with van der Waals surface area (Å²) in [6.07, 6.45) is 0. The Kier molecular flexibility index (Phi) is 1.94. The quantitative estimate of drug-likeness (QED) is 0.488. The molecule has 9 heavy (non-hydrogen) atoms. The van der Waals surface area contributed by atoms with Crippen LogP contribution >= 0.6 is 0 Å². The first-order valence-electron chi connectivity index (χ1n) is 3.35. The molecule has 0 aliphatic rings. The van der Waals surface area contributed by atoms with Crippen LogP contribution in [0.1, 0.15) is 18.3 Å². The van der Waals surface area contributed by atoms with E-state index in [-0.39, 0.29) is 0 Å². The van der Waals surface area contributed by atoms with E-state index in [1.54, 1.807) is 0 Å². The van der Waals surface area contributed by atoms with Crippen molar-refractivity contribution in [3.8, 4) is 0 Å². The van der Waals surface area contributed by atoms with E-state index in [0.29, 0.717) is 5.82 Å². The molecule has 1 unspecified atom stereocenters. The lowest BCUT2D eigenvalue weighted by atomic mass is 9.83. The van der Waals surface area contributed by atoms with Gasteiger partial charge in [0.15, 0.2) is 0 Å². The normalized spacial score (nSPS) is 13.0. The molecule has 46 valence electrons.